The van der Waals surface area contributed by atoms with Crippen LogP contribution in [0.4, 0.5) is 0 Å². The molecule has 0 spiro atoms. The molecule has 2 N–H and O–H groups in total. The number of carbonyl (C=O) groups is 1. The molecule has 0 amide bonds. The van der Waals surface area contributed by atoms with Gasteiger partial charge in [0.25, 0.3) is 0 Å². The summed E-state index contributed by atoms with van der Waals surface area (Å²) in [6.45, 7) is 5.96. The molecule has 0 aliphatic heterocycles. The quantitative estimate of drug-likeness (QED) is 0.523. The van der Waals surface area contributed by atoms with Crippen LogP contribution < -0.4 is 5.73 Å². The van der Waals surface area contributed by atoms with Gasteiger partial charge in [-0.1, -0.05) is 19.1 Å². The number of hydrogen-bond donors (Lipinski definition) is 1. The molecule has 0 aliphatic rings. The van der Waals surface area contributed by atoms with E-state index in [4.69, 9.17) is 10.5 Å². The zero-order valence-corrected chi connectivity index (χ0v) is 8.67. The predicted octanol–water partition coefficient (Wildman–Crippen LogP) is 1.62. The van der Waals surface area contributed by atoms with Crippen molar-refractivity contribution in [1.29, 1.82) is 0 Å². The number of hydrogen-bond acceptors (Lipinski definition) is 3. The molecule has 0 radical (unpaired) electrons. The summed E-state index contributed by atoms with van der Waals surface area (Å²) < 4.78 is 4.90. The van der Waals surface area contributed by atoms with Gasteiger partial charge in [-0.15, -0.1) is 0 Å². The maximum absolute atomic E-state index is 11.4. The van der Waals surface area contributed by atoms with Crippen molar-refractivity contribution < 1.29 is 9.53 Å². The molecule has 0 heterocycles. The van der Waals surface area contributed by atoms with E-state index in [2.05, 4.69) is 0 Å². The fourth-order valence-corrected chi connectivity index (χ4v) is 0.975. The highest BCUT2D eigenvalue weighted by Crippen LogP contribution is 2.14. The van der Waals surface area contributed by atoms with Gasteiger partial charge in [-0.25, -0.2) is 0 Å². The Morgan fingerprint density at radius 3 is 2.54 bits per heavy atom. The maximum atomic E-state index is 11.4. The summed E-state index contributed by atoms with van der Waals surface area (Å²) in [6.07, 6.45) is 4.91. The van der Waals surface area contributed by atoms with Crippen molar-refractivity contribution in [2.24, 2.45) is 5.73 Å². The third-order valence-corrected chi connectivity index (χ3v) is 2.03. The molecule has 0 aromatic carbocycles. The third kappa shape index (κ3) is 3.59. The Bertz CT molecular complexity index is 189. The Morgan fingerprint density at radius 1 is 1.54 bits per heavy atom. The molecule has 0 aliphatic carbocycles. The molecule has 0 saturated carbocycles. The van der Waals surface area contributed by atoms with Crippen LogP contribution in [0.15, 0.2) is 12.2 Å². The Labute approximate surface area is 79.9 Å². The summed E-state index contributed by atoms with van der Waals surface area (Å²) in [5, 5.41) is 0. The van der Waals surface area contributed by atoms with E-state index in [0.29, 0.717) is 19.4 Å². The Balaban J connectivity index is 4.33. The van der Waals surface area contributed by atoms with Crippen LogP contribution in [0.3, 0.4) is 0 Å². The van der Waals surface area contributed by atoms with Gasteiger partial charge in [0, 0.05) is 0 Å². The number of carbonyl (C=O) groups excluding carboxylic acids is 1. The highest BCUT2D eigenvalue weighted by atomic mass is 16.5. The predicted molar refractivity (Wildman–Crippen MR) is 53.3 cm³/mol. The van der Waals surface area contributed by atoms with Gasteiger partial charge >= 0.3 is 5.97 Å². The van der Waals surface area contributed by atoms with E-state index in [0.717, 1.165) is 0 Å². The minimum atomic E-state index is -0.845. The number of nitrogens with two attached hydrogens (primary N) is 1. The van der Waals surface area contributed by atoms with Gasteiger partial charge in [0.05, 0.1) is 6.61 Å². The Kier molecular flexibility index (Phi) is 5.39. The van der Waals surface area contributed by atoms with E-state index in [1.807, 2.05) is 26.0 Å². The van der Waals surface area contributed by atoms with E-state index in [1.54, 1.807) is 6.92 Å². The normalized spacial score (nSPS) is 15.7. The SMILES string of the molecule is CC=CCC(N)(CC)C(=O)OCC. The van der Waals surface area contributed by atoms with E-state index >= 15 is 0 Å². The smallest absolute Gasteiger partial charge is 0.326 e. The van der Waals surface area contributed by atoms with Gasteiger partial charge in [0.1, 0.15) is 5.54 Å². The number of esters is 1. The summed E-state index contributed by atoms with van der Waals surface area (Å²) >= 11 is 0. The molecule has 3 nitrogen and oxygen atoms in total. The fraction of sp³-hybridized carbons (Fsp3) is 0.700. The lowest BCUT2D eigenvalue weighted by Crippen LogP contribution is -2.48. The van der Waals surface area contributed by atoms with Gasteiger partial charge in [0.15, 0.2) is 0 Å². The molecule has 0 aromatic heterocycles. The molecule has 76 valence electrons. The van der Waals surface area contributed by atoms with Crippen molar-refractivity contribution in [2.75, 3.05) is 6.61 Å². The molecule has 0 fully saturated rings. The highest BCUT2D eigenvalue weighted by molar-refractivity contribution is 5.80. The second-order valence-corrected chi connectivity index (χ2v) is 3.00. The molecule has 0 bridgehead atoms. The first-order valence-electron chi connectivity index (χ1n) is 4.68. The lowest BCUT2D eigenvalue weighted by molar-refractivity contribution is -0.149. The standard InChI is InChI=1S/C10H19NO2/c1-4-7-8-10(11,5-2)9(12)13-6-3/h4,7H,5-6,8,11H2,1-3H3. The molecular weight excluding hydrogens is 166 g/mol. The first-order chi connectivity index (χ1) is 6.10. The Hall–Kier alpha value is -0.830. The van der Waals surface area contributed by atoms with Crippen molar-refractivity contribution in [1.82, 2.24) is 0 Å². The molecule has 1 atom stereocenters. The van der Waals surface area contributed by atoms with Crippen molar-refractivity contribution in [2.45, 2.75) is 39.2 Å². The Morgan fingerprint density at radius 2 is 2.15 bits per heavy atom. The van der Waals surface area contributed by atoms with Crippen LogP contribution >= 0.6 is 0 Å². The van der Waals surface area contributed by atoms with Crippen LogP contribution in [0.5, 0.6) is 0 Å². The summed E-state index contributed by atoms with van der Waals surface area (Å²) in [6, 6.07) is 0. The number of allylic oxidation sites excluding steroid dienone is 1. The maximum Gasteiger partial charge on any atom is 0.326 e. The van der Waals surface area contributed by atoms with Crippen LogP contribution in [0, 0.1) is 0 Å². The summed E-state index contributed by atoms with van der Waals surface area (Å²) in [5.41, 5.74) is 5.04. The van der Waals surface area contributed by atoms with Crippen molar-refractivity contribution in [3.63, 3.8) is 0 Å². The lowest BCUT2D eigenvalue weighted by atomic mass is 9.93. The van der Waals surface area contributed by atoms with Crippen LogP contribution in [0.2, 0.25) is 0 Å². The van der Waals surface area contributed by atoms with E-state index in [1.165, 1.54) is 0 Å². The third-order valence-electron chi connectivity index (χ3n) is 2.03. The van der Waals surface area contributed by atoms with Gasteiger partial charge in [-0.3, -0.25) is 4.79 Å². The van der Waals surface area contributed by atoms with Gasteiger partial charge in [-0.05, 0) is 26.7 Å². The average molecular weight is 185 g/mol. The molecule has 3 heteroatoms. The van der Waals surface area contributed by atoms with E-state index < -0.39 is 5.54 Å². The minimum absolute atomic E-state index is 0.310. The molecule has 13 heavy (non-hydrogen) atoms. The van der Waals surface area contributed by atoms with E-state index in [9.17, 15) is 4.79 Å². The number of ether oxygens (including phenoxy) is 1. The second-order valence-electron chi connectivity index (χ2n) is 3.00. The number of rotatable bonds is 5. The molecular formula is C10H19NO2. The zero-order chi connectivity index (χ0) is 10.3. The summed E-state index contributed by atoms with van der Waals surface area (Å²) in [5.74, 6) is -0.310. The van der Waals surface area contributed by atoms with Gasteiger partial charge < -0.3 is 10.5 Å². The van der Waals surface area contributed by atoms with Crippen LogP contribution in [-0.2, 0) is 9.53 Å². The zero-order valence-electron chi connectivity index (χ0n) is 8.67. The summed E-state index contributed by atoms with van der Waals surface area (Å²) in [4.78, 5) is 11.4. The lowest BCUT2D eigenvalue weighted by Gasteiger charge is -2.23. The first-order valence-corrected chi connectivity index (χ1v) is 4.68. The molecule has 0 rings (SSSR count). The van der Waals surface area contributed by atoms with Gasteiger partial charge in [0.2, 0.25) is 0 Å². The first kappa shape index (κ1) is 12.2. The largest absolute Gasteiger partial charge is 0.465 e. The topological polar surface area (TPSA) is 52.3 Å². The fourth-order valence-electron chi connectivity index (χ4n) is 0.975. The van der Waals surface area contributed by atoms with Crippen LogP contribution in [-0.4, -0.2) is 18.1 Å². The molecule has 0 saturated heterocycles. The van der Waals surface area contributed by atoms with Crippen molar-refractivity contribution in [3.05, 3.63) is 12.2 Å². The highest BCUT2D eigenvalue weighted by Gasteiger charge is 2.31. The van der Waals surface area contributed by atoms with Gasteiger partial charge in [-0.2, -0.15) is 0 Å². The van der Waals surface area contributed by atoms with Crippen molar-refractivity contribution >= 4 is 5.97 Å². The monoisotopic (exact) mass is 185 g/mol. The second kappa shape index (κ2) is 5.75. The molecule has 1 unspecified atom stereocenters. The van der Waals surface area contributed by atoms with Crippen LogP contribution in [0.25, 0.3) is 0 Å². The van der Waals surface area contributed by atoms with Crippen molar-refractivity contribution in [3.8, 4) is 0 Å². The molecule has 0 aromatic rings. The van der Waals surface area contributed by atoms with Crippen LogP contribution in [0.1, 0.15) is 33.6 Å². The minimum Gasteiger partial charge on any atom is -0.465 e. The van der Waals surface area contributed by atoms with E-state index in [-0.39, 0.29) is 5.97 Å². The summed E-state index contributed by atoms with van der Waals surface area (Å²) in [7, 11) is 0. The average Bonchev–Trinajstić information content (AvgIpc) is 2.14.